The van der Waals surface area contributed by atoms with E-state index in [1.54, 1.807) is 13.0 Å². The molecule has 2 N–H and O–H groups in total. The third-order valence-corrected chi connectivity index (χ3v) is 8.71. The van der Waals surface area contributed by atoms with Crippen LogP contribution in [-0.2, 0) is 11.2 Å². The van der Waals surface area contributed by atoms with E-state index in [4.69, 9.17) is 4.42 Å². The molecule has 1 aliphatic carbocycles. The zero-order valence-electron chi connectivity index (χ0n) is 19.6. The number of hydrogen-bond acceptors (Lipinski definition) is 6. The minimum Gasteiger partial charge on any atom is -0.504 e. The van der Waals surface area contributed by atoms with Crippen molar-refractivity contribution in [2.75, 3.05) is 19.6 Å². The third kappa shape index (κ3) is 3.35. The minimum atomic E-state index is -0.635. The number of likely N-dealkylation sites (tertiary alicyclic amines) is 1. The van der Waals surface area contributed by atoms with Crippen molar-refractivity contribution >= 4 is 16.9 Å². The fraction of sp³-hybridized carbons (Fsp3) is 0.556. The van der Waals surface area contributed by atoms with Gasteiger partial charge in [0.1, 0.15) is 0 Å². The Labute approximate surface area is 198 Å². The van der Waals surface area contributed by atoms with E-state index in [1.165, 1.54) is 37.4 Å². The summed E-state index contributed by atoms with van der Waals surface area (Å²) >= 11 is 0. The van der Waals surface area contributed by atoms with E-state index in [0.717, 1.165) is 32.4 Å². The molecule has 3 saturated heterocycles. The average molecular weight is 465 g/mol. The topological polar surface area (TPSA) is 94.2 Å². The van der Waals surface area contributed by atoms with E-state index in [9.17, 15) is 19.8 Å². The first-order valence-corrected chi connectivity index (χ1v) is 12.6. The molecular formula is C27H32N2O5. The first kappa shape index (κ1) is 21.7. The van der Waals surface area contributed by atoms with Crippen LogP contribution in [0.5, 0.6) is 11.5 Å². The lowest BCUT2D eigenvalue weighted by atomic mass is 9.68. The molecule has 34 heavy (non-hydrogen) atoms. The van der Waals surface area contributed by atoms with Crippen LogP contribution < -0.4 is 5.63 Å². The summed E-state index contributed by atoms with van der Waals surface area (Å²) in [6.07, 6.45) is 9.53. The first-order chi connectivity index (χ1) is 16.4. The van der Waals surface area contributed by atoms with E-state index in [-0.39, 0.29) is 29.7 Å². The number of rotatable bonds is 2. The highest BCUT2D eigenvalue weighted by Gasteiger charge is 2.46. The lowest BCUT2D eigenvalue weighted by Crippen LogP contribution is -2.60. The Bertz CT molecular complexity index is 1250. The number of benzene rings is 1. The van der Waals surface area contributed by atoms with Crippen LogP contribution in [0.1, 0.15) is 49.7 Å². The van der Waals surface area contributed by atoms with Crippen LogP contribution in [0.2, 0.25) is 0 Å². The normalized spacial score (nSPS) is 28.9. The van der Waals surface area contributed by atoms with Gasteiger partial charge in [0.25, 0.3) is 0 Å². The highest BCUT2D eigenvalue weighted by atomic mass is 16.4. The molecule has 0 spiro atoms. The molecule has 0 radical (unpaired) electrons. The summed E-state index contributed by atoms with van der Waals surface area (Å²) in [6.45, 7) is 4.72. The maximum Gasteiger partial charge on any atom is 0.340 e. The fourth-order valence-electron chi connectivity index (χ4n) is 7.14. The SMILES string of the molecule is Cc1c(CC(=O)N2CCCC3=CC4CC(CN5CCCC[C@H]45)[C@@H]32)c(=O)oc2c(O)c(O)ccc12. The Hall–Kier alpha value is -2.80. The molecule has 4 aliphatic rings. The molecule has 1 aromatic carbocycles. The highest BCUT2D eigenvalue weighted by molar-refractivity contribution is 5.89. The summed E-state index contributed by atoms with van der Waals surface area (Å²) in [4.78, 5) is 31.1. The molecule has 4 heterocycles. The van der Waals surface area contributed by atoms with Gasteiger partial charge in [0.2, 0.25) is 11.7 Å². The van der Waals surface area contributed by atoms with Crippen molar-refractivity contribution in [1.82, 2.24) is 9.80 Å². The van der Waals surface area contributed by atoms with Gasteiger partial charge in [0.05, 0.1) is 18.0 Å². The number of nitrogens with zero attached hydrogens (tertiary/aromatic N) is 2. The summed E-state index contributed by atoms with van der Waals surface area (Å²) in [6, 6.07) is 3.78. The monoisotopic (exact) mass is 464 g/mol. The summed E-state index contributed by atoms with van der Waals surface area (Å²) in [7, 11) is 0. The molecular weight excluding hydrogens is 432 g/mol. The number of hydrogen-bond donors (Lipinski definition) is 2. The van der Waals surface area contributed by atoms with Gasteiger partial charge in [-0.2, -0.15) is 0 Å². The number of carbonyl (C=O) groups is 1. The Morgan fingerprint density at radius 2 is 2.03 bits per heavy atom. The zero-order valence-corrected chi connectivity index (χ0v) is 19.6. The molecule has 3 aliphatic heterocycles. The van der Waals surface area contributed by atoms with Gasteiger partial charge in [-0.3, -0.25) is 9.69 Å². The lowest BCUT2D eigenvalue weighted by molar-refractivity contribution is -0.135. The number of carbonyl (C=O) groups excluding carboxylic acids is 1. The number of phenolic OH excluding ortho intramolecular Hbond substituents is 2. The van der Waals surface area contributed by atoms with Crippen molar-refractivity contribution in [3.63, 3.8) is 0 Å². The van der Waals surface area contributed by atoms with Gasteiger partial charge in [-0.05, 0) is 75.1 Å². The van der Waals surface area contributed by atoms with Crippen LogP contribution in [0.15, 0.2) is 33.0 Å². The summed E-state index contributed by atoms with van der Waals surface area (Å²) in [5.74, 6) is 0.237. The molecule has 7 heteroatoms. The van der Waals surface area contributed by atoms with Crippen LogP contribution in [0.4, 0.5) is 0 Å². The molecule has 1 amide bonds. The minimum absolute atomic E-state index is 0.0159. The predicted molar refractivity (Wildman–Crippen MR) is 128 cm³/mol. The van der Waals surface area contributed by atoms with Crippen molar-refractivity contribution < 1.29 is 19.4 Å². The quantitative estimate of drug-likeness (QED) is 0.402. The average Bonchev–Trinajstić information content (AvgIpc) is 2.84. The van der Waals surface area contributed by atoms with Gasteiger partial charge in [-0.25, -0.2) is 4.79 Å². The Balaban J connectivity index is 1.31. The number of aryl methyl sites for hydroxylation is 1. The van der Waals surface area contributed by atoms with Crippen molar-refractivity contribution in [2.24, 2.45) is 11.8 Å². The van der Waals surface area contributed by atoms with Gasteiger partial charge in [0.15, 0.2) is 11.3 Å². The van der Waals surface area contributed by atoms with E-state index >= 15 is 0 Å². The van der Waals surface area contributed by atoms with Crippen molar-refractivity contribution in [3.05, 3.63) is 45.3 Å². The maximum atomic E-state index is 13.6. The summed E-state index contributed by atoms with van der Waals surface area (Å²) in [5, 5.41) is 20.4. The van der Waals surface area contributed by atoms with E-state index < -0.39 is 11.4 Å². The molecule has 1 aromatic heterocycles. The molecule has 6 rings (SSSR count). The van der Waals surface area contributed by atoms with Crippen molar-refractivity contribution in [2.45, 2.75) is 64.0 Å². The number of aromatic hydroxyl groups is 2. The number of phenols is 2. The molecule has 7 nitrogen and oxygen atoms in total. The van der Waals surface area contributed by atoms with Gasteiger partial charge >= 0.3 is 5.63 Å². The third-order valence-electron chi connectivity index (χ3n) is 8.71. The summed E-state index contributed by atoms with van der Waals surface area (Å²) < 4.78 is 5.35. The van der Waals surface area contributed by atoms with Crippen LogP contribution in [0.3, 0.4) is 0 Å². The second kappa shape index (κ2) is 8.15. The first-order valence-electron chi connectivity index (χ1n) is 12.6. The highest BCUT2D eigenvalue weighted by Crippen LogP contribution is 2.45. The molecule has 180 valence electrons. The Kier molecular flexibility index (Phi) is 5.21. The molecule has 2 unspecified atom stereocenters. The van der Waals surface area contributed by atoms with Gasteiger partial charge < -0.3 is 19.5 Å². The van der Waals surface area contributed by atoms with Crippen LogP contribution in [0.25, 0.3) is 11.0 Å². The summed E-state index contributed by atoms with van der Waals surface area (Å²) in [5.41, 5.74) is 1.68. The van der Waals surface area contributed by atoms with E-state index in [0.29, 0.717) is 34.4 Å². The Morgan fingerprint density at radius 3 is 2.88 bits per heavy atom. The van der Waals surface area contributed by atoms with Crippen molar-refractivity contribution in [1.29, 1.82) is 0 Å². The van der Waals surface area contributed by atoms with Gasteiger partial charge in [0, 0.05) is 24.5 Å². The second-order valence-electron chi connectivity index (χ2n) is 10.6. The molecule has 4 atom stereocenters. The standard InChI is InChI=1S/C27H32N2O5/c1-15-19-7-8-22(30)25(32)26(19)34-27(33)20(15)13-23(31)29-10-4-5-16-11-17-12-18(24(16)29)14-28-9-3-2-6-21(17)28/h7-8,11,17-18,21,24,30,32H,2-6,9-10,12-14H2,1H3/t17?,18?,21-,24-/m1/s1. The van der Waals surface area contributed by atoms with Crippen LogP contribution in [-0.4, -0.2) is 57.6 Å². The fourth-order valence-corrected chi connectivity index (χ4v) is 7.14. The Morgan fingerprint density at radius 1 is 1.18 bits per heavy atom. The largest absolute Gasteiger partial charge is 0.504 e. The van der Waals surface area contributed by atoms with Crippen LogP contribution in [0, 0.1) is 18.8 Å². The second-order valence-corrected chi connectivity index (χ2v) is 10.6. The number of fused-ring (bicyclic) bond motifs is 7. The van der Waals surface area contributed by atoms with Crippen LogP contribution >= 0.6 is 0 Å². The molecule has 2 bridgehead atoms. The number of amides is 1. The maximum absolute atomic E-state index is 13.6. The molecule has 3 fully saturated rings. The zero-order chi connectivity index (χ0) is 23.6. The molecule has 0 saturated carbocycles. The van der Waals surface area contributed by atoms with E-state index in [2.05, 4.69) is 11.0 Å². The van der Waals surface area contributed by atoms with Gasteiger partial charge in [-0.1, -0.05) is 18.1 Å². The number of piperidine rings is 3. The van der Waals surface area contributed by atoms with Gasteiger partial charge in [-0.15, -0.1) is 0 Å². The predicted octanol–water partition coefficient (Wildman–Crippen LogP) is 3.48. The van der Waals surface area contributed by atoms with Crippen molar-refractivity contribution in [3.8, 4) is 11.5 Å². The molecule has 2 aromatic rings. The van der Waals surface area contributed by atoms with E-state index in [1.807, 2.05) is 4.90 Å². The lowest BCUT2D eigenvalue weighted by Gasteiger charge is -2.54. The smallest absolute Gasteiger partial charge is 0.340 e.